The highest BCUT2D eigenvalue weighted by molar-refractivity contribution is 5.48. The summed E-state index contributed by atoms with van der Waals surface area (Å²) >= 11 is 0. The molecular weight excluding hydrogens is 238 g/mol. The van der Waals surface area contributed by atoms with E-state index in [0.717, 1.165) is 24.0 Å². The largest absolute Gasteiger partial charge is 0.368 e. The van der Waals surface area contributed by atoms with Crippen molar-refractivity contribution < 1.29 is 0 Å². The molecule has 0 amide bonds. The van der Waals surface area contributed by atoms with Crippen molar-refractivity contribution in [1.29, 1.82) is 0 Å². The van der Waals surface area contributed by atoms with Crippen LogP contribution in [0.5, 0.6) is 0 Å². The number of nitrogens with one attached hydrogen (secondary N) is 2. The monoisotopic (exact) mass is 257 g/mol. The lowest BCUT2D eigenvalue weighted by Gasteiger charge is -2.12. The Bertz CT molecular complexity index is 525. The van der Waals surface area contributed by atoms with Crippen LogP contribution in [-0.4, -0.2) is 21.0 Å². The summed E-state index contributed by atoms with van der Waals surface area (Å²) in [6.45, 7) is 6.78. The molecule has 0 aliphatic heterocycles. The molecule has 0 atom stereocenters. The van der Waals surface area contributed by atoms with E-state index in [1.54, 1.807) is 12.4 Å². The van der Waals surface area contributed by atoms with Crippen molar-refractivity contribution >= 4 is 11.6 Å². The summed E-state index contributed by atoms with van der Waals surface area (Å²) in [5, 5.41) is 6.58. The van der Waals surface area contributed by atoms with Gasteiger partial charge in [0.05, 0.1) is 0 Å². The highest BCUT2D eigenvalue weighted by atomic mass is 15.1. The smallest absolute Gasteiger partial charge is 0.132 e. The Kier molecular flexibility index (Phi) is 4.28. The van der Waals surface area contributed by atoms with Crippen LogP contribution in [0.15, 0.2) is 30.6 Å². The fraction of sp³-hybridized carbons (Fsp3) is 0.357. The Morgan fingerprint density at radius 3 is 2.47 bits per heavy atom. The van der Waals surface area contributed by atoms with Gasteiger partial charge in [-0.3, -0.25) is 4.98 Å². The zero-order valence-corrected chi connectivity index (χ0v) is 11.5. The highest BCUT2D eigenvalue weighted by Gasteiger charge is 2.03. The van der Waals surface area contributed by atoms with Crippen LogP contribution in [0.2, 0.25) is 0 Å². The van der Waals surface area contributed by atoms with E-state index in [2.05, 4.69) is 39.4 Å². The SMILES string of the molecule is Cc1nc(NCc2ccncc2)cc(NC(C)C)n1. The number of aromatic nitrogens is 3. The molecule has 0 unspecified atom stereocenters. The molecule has 0 aliphatic carbocycles. The van der Waals surface area contributed by atoms with Gasteiger partial charge in [-0.05, 0) is 38.5 Å². The van der Waals surface area contributed by atoms with Crippen molar-refractivity contribution in [3.63, 3.8) is 0 Å². The number of pyridine rings is 1. The average molecular weight is 257 g/mol. The molecule has 0 aromatic carbocycles. The maximum absolute atomic E-state index is 4.38. The van der Waals surface area contributed by atoms with Crippen LogP contribution in [0, 0.1) is 6.92 Å². The molecule has 100 valence electrons. The Balaban J connectivity index is 2.05. The summed E-state index contributed by atoms with van der Waals surface area (Å²) in [4.78, 5) is 12.7. The van der Waals surface area contributed by atoms with Crippen molar-refractivity contribution in [1.82, 2.24) is 15.0 Å². The minimum absolute atomic E-state index is 0.349. The molecule has 2 N–H and O–H groups in total. The van der Waals surface area contributed by atoms with Crippen molar-refractivity contribution in [3.8, 4) is 0 Å². The van der Waals surface area contributed by atoms with E-state index in [4.69, 9.17) is 0 Å². The Morgan fingerprint density at radius 1 is 1.11 bits per heavy atom. The van der Waals surface area contributed by atoms with Gasteiger partial charge in [0.1, 0.15) is 17.5 Å². The van der Waals surface area contributed by atoms with Crippen LogP contribution in [0.25, 0.3) is 0 Å². The van der Waals surface area contributed by atoms with Crippen LogP contribution in [0.4, 0.5) is 11.6 Å². The van der Waals surface area contributed by atoms with E-state index in [0.29, 0.717) is 6.04 Å². The summed E-state index contributed by atoms with van der Waals surface area (Å²) in [5.74, 6) is 2.43. The Hall–Kier alpha value is -2.17. The van der Waals surface area contributed by atoms with E-state index in [1.807, 2.05) is 25.1 Å². The molecule has 5 heteroatoms. The standard InChI is InChI=1S/C14H19N5/c1-10(2)17-14-8-13(18-11(3)19-14)16-9-12-4-6-15-7-5-12/h4-8,10H,9H2,1-3H3,(H2,16,17,18,19). The zero-order valence-electron chi connectivity index (χ0n) is 11.5. The first-order valence-electron chi connectivity index (χ1n) is 6.38. The molecule has 2 rings (SSSR count). The number of aryl methyl sites for hydroxylation is 1. The molecule has 2 heterocycles. The number of hydrogen-bond donors (Lipinski definition) is 2. The third-order valence-electron chi connectivity index (χ3n) is 2.50. The summed E-state index contributed by atoms with van der Waals surface area (Å²) in [6.07, 6.45) is 3.57. The molecule has 0 aliphatic rings. The fourth-order valence-electron chi connectivity index (χ4n) is 1.72. The maximum atomic E-state index is 4.38. The van der Waals surface area contributed by atoms with Gasteiger partial charge in [0, 0.05) is 31.0 Å². The zero-order chi connectivity index (χ0) is 13.7. The topological polar surface area (TPSA) is 62.7 Å². The first-order chi connectivity index (χ1) is 9.13. The summed E-state index contributed by atoms with van der Waals surface area (Å²) < 4.78 is 0. The molecule has 19 heavy (non-hydrogen) atoms. The van der Waals surface area contributed by atoms with Gasteiger partial charge in [-0.1, -0.05) is 0 Å². The summed E-state index contributed by atoms with van der Waals surface area (Å²) in [5.41, 5.74) is 1.17. The molecule has 0 radical (unpaired) electrons. The van der Waals surface area contributed by atoms with Crippen molar-refractivity contribution in [2.24, 2.45) is 0 Å². The molecule has 2 aromatic rings. The lowest BCUT2D eigenvalue weighted by atomic mass is 10.3. The first kappa shape index (κ1) is 13.3. The minimum atomic E-state index is 0.349. The van der Waals surface area contributed by atoms with E-state index in [9.17, 15) is 0 Å². The second kappa shape index (κ2) is 6.13. The van der Waals surface area contributed by atoms with Gasteiger partial charge in [-0.25, -0.2) is 9.97 Å². The maximum Gasteiger partial charge on any atom is 0.132 e. The lowest BCUT2D eigenvalue weighted by Crippen LogP contribution is -2.13. The normalized spacial score (nSPS) is 10.5. The van der Waals surface area contributed by atoms with Gasteiger partial charge in [0.25, 0.3) is 0 Å². The molecule has 0 saturated carbocycles. The second-order valence-electron chi connectivity index (χ2n) is 4.69. The average Bonchev–Trinajstić information content (AvgIpc) is 2.36. The van der Waals surface area contributed by atoms with Crippen molar-refractivity contribution in [3.05, 3.63) is 42.0 Å². The molecular formula is C14H19N5. The quantitative estimate of drug-likeness (QED) is 0.862. The van der Waals surface area contributed by atoms with Crippen LogP contribution < -0.4 is 10.6 Å². The predicted octanol–water partition coefficient (Wildman–Crippen LogP) is 2.61. The van der Waals surface area contributed by atoms with Gasteiger partial charge in [0.15, 0.2) is 0 Å². The highest BCUT2D eigenvalue weighted by Crippen LogP contribution is 2.13. The van der Waals surface area contributed by atoms with Gasteiger partial charge >= 0.3 is 0 Å². The molecule has 5 nitrogen and oxygen atoms in total. The lowest BCUT2D eigenvalue weighted by molar-refractivity contribution is 0.880. The van der Waals surface area contributed by atoms with Crippen LogP contribution in [-0.2, 0) is 6.54 Å². The molecule has 0 spiro atoms. The van der Waals surface area contributed by atoms with E-state index >= 15 is 0 Å². The molecule has 0 fully saturated rings. The number of hydrogen-bond acceptors (Lipinski definition) is 5. The third-order valence-corrected chi connectivity index (χ3v) is 2.50. The van der Waals surface area contributed by atoms with Crippen LogP contribution >= 0.6 is 0 Å². The van der Waals surface area contributed by atoms with Crippen molar-refractivity contribution in [2.45, 2.75) is 33.4 Å². The summed E-state index contributed by atoms with van der Waals surface area (Å²) in [7, 11) is 0. The molecule has 0 bridgehead atoms. The van der Waals surface area contributed by atoms with Gasteiger partial charge in [-0.2, -0.15) is 0 Å². The Labute approximate surface area is 113 Å². The number of anilines is 2. The molecule has 2 aromatic heterocycles. The Morgan fingerprint density at radius 2 is 1.79 bits per heavy atom. The van der Waals surface area contributed by atoms with E-state index in [1.165, 1.54) is 5.56 Å². The van der Waals surface area contributed by atoms with Gasteiger partial charge in [0.2, 0.25) is 0 Å². The van der Waals surface area contributed by atoms with E-state index < -0.39 is 0 Å². The fourth-order valence-corrected chi connectivity index (χ4v) is 1.72. The minimum Gasteiger partial charge on any atom is -0.368 e. The van der Waals surface area contributed by atoms with Crippen LogP contribution in [0.3, 0.4) is 0 Å². The van der Waals surface area contributed by atoms with Gasteiger partial charge in [-0.15, -0.1) is 0 Å². The predicted molar refractivity (Wildman–Crippen MR) is 77.1 cm³/mol. The number of nitrogens with zero attached hydrogens (tertiary/aromatic N) is 3. The summed E-state index contributed by atoms with van der Waals surface area (Å²) in [6, 6.07) is 6.24. The van der Waals surface area contributed by atoms with Crippen molar-refractivity contribution in [2.75, 3.05) is 10.6 Å². The number of rotatable bonds is 5. The van der Waals surface area contributed by atoms with Gasteiger partial charge < -0.3 is 10.6 Å². The third kappa shape index (κ3) is 4.21. The molecule has 0 saturated heterocycles. The first-order valence-corrected chi connectivity index (χ1v) is 6.38. The second-order valence-corrected chi connectivity index (χ2v) is 4.69. The van der Waals surface area contributed by atoms with E-state index in [-0.39, 0.29) is 0 Å². The van der Waals surface area contributed by atoms with Crippen LogP contribution in [0.1, 0.15) is 25.2 Å².